The Hall–Kier alpha value is -2.13. The number of likely N-dealkylation sites (N-methyl/N-ethyl adjacent to an activating group) is 1. The molecular formula is C15H20FN3O2. The van der Waals surface area contributed by atoms with Gasteiger partial charge in [0.15, 0.2) is 0 Å². The Morgan fingerprint density at radius 2 is 2.14 bits per heavy atom. The molecule has 0 spiro atoms. The van der Waals surface area contributed by atoms with Crippen LogP contribution >= 0.6 is 0 Å². The van der Waals surface area contributed by atoms with Crippen LogP contribution in [-0.4, -0.2) is 44.1 Å². The maximum Gasteiger partial charge on any atom is 0.234 e. The molecule has 6 heteroatoms. The third kappa shape index (κ3) is 7.90. The average molecular weight is 293 g/mol. The van der Waals surface area contributed by atoms with Crippen molar-refractivity contribution in [1.29, 1.82) is 5.26 Å². The smallest absolute Gasteiger partial charge is 0.234 e. The lowest BCUT2D eigenvalue weighted by molar-refractivity contribution is -0.121. The van der Waals surface area contributed by atoms with Gasteiger partial charge in [-0.2, -0.15) is 5.26 Å². The predicted molar refractivity (Wildman–Crippen MR) is 77.2 cm³/mol. The Morgan fingerprint density at radius 1 is 1.43 bits per heavy atom. The summed E-state index contributed by atoms with van der Waals surface area (Å²) in [4.78, 5) is 13.4. The first-order chi connectivity index (χ1) is 10.1. The summed E-state index contributed by atoms with van der Waals surface area (Å²) in [5.41, 5.74) is 0. The molecule has 1 aromatic carbocycles. The van der Waals surface area contributed by atoms with Crippen LogP contribution in [-0.2, 0) is 4.79 Å². The Kier molecular flexibility index (Phi) is 7.84. The van der Waals surface area contributed by atoms with E-state index in [0.717, 1.165) is 6.42 Å². The van der Waals surface area contributed by atoms with E-state index in [1.807, 2.05) is 18.0 Å². The van der Waals surface area contributed by atoms with Gasteiger partial charge >= 0.3 is 0 Å². The zero-order valence-electron chi connectivity index (χ0n) is 12.1. The fourth-order valence-corrected chi connectivity index (χ4v) is 1.69. The van der Waals surface area contributed by atoms with Gasteiger partial charge in [0, 0.05) is 13.1 Å². The number of hydrogen-bond donors (Lipinski definition) is 1. The van der Waals surface area contributed by atoms with Crippen molar-refractivity contribution >= 4 is 5.91 Å². The van der Waals surface area contributed by atoms with E-state index in [-0.39, 0.29) is 11.7 Å². The molecule has 0 atom stereocenters. The van der Waals surface area contributed by atoms with Gasteiger partial charge in [-0.05, 0) is 37.7 Å². The first-order valence-electron chi connectivity index (χ1n) is 6.82. The highest BCUT2D eigenvalue weighted by molar-refractivity contribution is 5.77. The topological polar surface area (TPSA) is 65.4 Å². The highest BCUT2D eigenvalue weighted by Gasteiger charge is 2.05. The van der Waals surface area contributed by atoms with Crippen molar-refractivity contribution in [1.82, 2.24) is 10.2 Å². The summed E-state index contributed by atoms with van der Waals surface area (Å²) in [6, 6.07) is 7.85. The number of carbonyl (C=O) groups is 1. The second-order valence-corrected chi connectivity index (χ2v) is 4.65. The third-order valence-electron chi connectivity index (χ3n) is 2.74. The van der Waals surface area contributed by atoms with Crippen LogP contribution < -0.4 is 10.1 Å². The molecule has 5 nitrogen and oxygen atoms in total. The van der Waals surface area contributed by atoms with E-state index in [9.17, 15) is 9.18 Å². The monoisotopic (exact) mass is 293 g/mol. The average Bonchev–Trinajstić information content (AvgIpc) is 2.46. The number of benzene rings is 1. The van der Waals surface area contributed by atoms with E-state index in [1.165, 1.54) is 12.1 Å². The first kappa shape index (κ1) is 16.9. The minimum absolute atomic E-state index is 0.0906. The van der Waals surface area contributed by atoms with E-state index in [2.05, 4.69) is 5.32 Å². The van der Waals surface area contributed by atoms with Crippen molar-refractivity contribution in [3.63, 3.8) is 0 Å². The van der Waals surface area contributed by atoms with Crippen molar-refractivity contribution in [2.24, 2.45) is 0 Å². The SMILES string of the molecule is CN(CCCOc1ccc(F)cc1)CC(=O)NCCC#N. The molecule has 0 radical (unpaired) electrons. The van der Waals surface area contributed by atoms with E-state index < -0.39 is 0 Å². The van der Waals surface area contributed by atoms with E-state index in [4.69, 9.17) is 10.00 Å². The van der Waals surface area contributed by atoms with Crippen molar-refractivity contribution in [2.45, 2.75) is 12.8 Å². The Morgan fingerprint density at radius 3 is 2.81 bits per heavy atom. The molecule has 114 valence electrons. The highest BCUT2D eigenvalue weighted by atomic mass is 19.1. The van der Waals surface area contributed by atoms with Crippen LogP contribution in [0.25, 0.3) is 0 Å². The summed E-state index contributed by atoms with van der Waals surface area (Å²) >= 11 is 0. The lowest BCUT2D eigenvalue weighted by atomic mass is 10.3. The minimum atomic E-state index is -0.288. The summed E-state index contributed by atoms with van der Waals surface area (Å²) in [5.74, 6) is 0.255. The first-order valence-corrected chi connectivity index (χ1v) is 6.82. The van der Waals surface area contributed by atoms with Crippen LogP contribution in [0.5, 0.6) is 5.75 Å². The van der Waals surface area contributed by atoms with Crippen molar-refractivity contribution in [3.05, 3.63) is 30.1 Å². The molecule has 0 heterocycles. The standard InChI is InChI=1S/C15H20FN3O2/c1-19(12-15(20)18-9-2-8-17)10-3-11-21-14-6-4-13(16)5-7-14/h4-7H,2-3,9-12H2,1H3,(H,18,20). The van der Waals surface area contributed by atoms with Crippen molar-refractivity contribution < 1.29 is 13.9 Å². The molecular weight excluding hydrogens is 273 g/mol. The van der Waals surface area contributed by atoms with Crippen molar-refractivity contribution in [2.75, 3.05) is 33.3 Å². The molecule has 0 saturated heterocycles. The van der Waals surface area contributed by atoms with Crippen LogP contribution in [0.15, 0.2) is 24.3 Å². The lowest BCUT2D eigenvalue weighted by Crippen LogP contribution is -2.36. The van der Waals surface area contributed by atoms with Crippen LogP contribution in [0.1, 0.15) is 12.8 Å². The van der Waals surface area contributed by atoms with Gasteiger partial charge in [-0.1, -0.05) is 0 Å². The van der Waals surface area contributed by atoms with Gasteiger partial charge in [-0.3, -0.25) is 9.69 Å². The predicted octanol–water partition coefficient (Wildman–Crippen LogP) is 1.56. The van der Waals surface area contributed by atoms with Crippen molar-refractivity contribution in [3.8, 4) is 11.8 Å². The third-order valence-corrected chi connectivity index (χ3v) is 2.74. The molecule has 0 aliphatic carbocycles. The molecule has 1 aromatic rings. The second kappa shape index (κ2) is 9.72. The Labute approximate surface area is 124 Å². The summed E-state index contributed by atoms with van der Waals surface area (Å²) in [6.45, 7) is 1.90. The van der Waals surface area contributed by atoms with Crippen LogP contribution in [0.2, 0.25) is 0 Å². The summed E-state index contributed by atoms with van der Waals surface area (Å²) < 4.78 is 18.2. The van der Waals surface area contributed by atoms with E-state index in [1.54, 1.807) is 12.1 Å². The number of rotatable bonds is 9. The van der Waals surface area contributed by atoms with Gasteiger partial charge in [0.2, 0.25) is 5.91 Å². The van der Waals surface area contributed by atoms with E-state index in [0.29, 0.717) is 38.4 Å². The van der Waals surface area contributed by atoms with Gasteiger partial charge in [0.05, 0.1) is 25.6 Å². The molecule has 0 aromatic heterocycles. The maximum atomic E-state index is 12.7. The fraction of sp³-hybridized carbons (Fsp3) is 0.467. The molecule has 0 saturated carbocycles. The largest absolute Gasteiger partial charge is 0.494 e. The number of nitrogens with zero attached hydrogens (tertiary/aromatic N) is 2. The Bertz CT molecular complexity index is 471. The molecule has 1 N–H and O–H groups in total. The lowest BCUT2D eigenvalue weighted by Gasteiger charge is -2.16. The summed E-state index contributed by atoms with van der Waals surface area (Å²) in [5, 5.41) is 11.0. The number of halogens is 1. The van der Waals surface area contributed by atoms with E-state index >= 15 is 0 Å². The molecule has 0 aliphatic rings. The molecule has 21 heavy (non-hydrogen) atoms. The molecule has 0 fully saturated rings. The van der Waals surface area contributed by atoms with Gasteiger partial charge in [-0.15, -0.1) is 0 Å². The van der Waals surface area contributed by atoms with Gasteiger partial charge < -0.3 is 10.1 Å². The van der Waals surface area contributed by atoms with Gasteiger partial charge in [0.25, 0.3) is 0 Å². The second-order valence-electron chi connectivity index (χ2n) is 4.65. The minimum Gasteiger partial charge on any atom is -0.494 e. The van der Waals surface area contributed by atoms with Gasteiger partial charge in [-0.25, -0.2) is 4.39 Å². The molecule has 0 aliphatic heterocycles. The normalized spacial score (nSPS) is 10.2. The number of nitriles is 1. The Balaban J connectivity index is 2.10. The number of amides is 1. The zero-order chi connectivity index (χ0) is 15.5. The molecule has 0 unspecified atom stereocenters. The summed E-state index contributed by atoms with van der Waals surface area (Å²) in [7, 11) is 1.85. The molecule has 1 rings (SSSR count). The number of carbonyl (C=O) groups excluding carboxylic acids is 1. The number of nitrogens with one attached hydrogen (secondary N) is 1. The van der Waals surface area contributed by atoms with Crippen LogP contribution in [0.4, 0.5) is 4.39 Å². The molecule has 0 bridgehead atoms. The fourth-order valence-electron chi connectivity index (χ4n) is 1.69. The van der Waals surface area contributed by atoms with Crippen LogP contribution in [0.3, 0.4) is 0 Å². The molecule has 1 amide bonds. The van der Waals surface area contributed by atoms with Crippen LogP contribution in [0, 0.1) is 17.1 Å². The zero-order valence-corrected chi connectivity index (χ0v) is 12.1. The highest BCUT2D eigenvalue weighted by Crippen LogP contribution is 2.11. The summed E-state index contributed by atoms with van der Waals surface area (Å²) in [6.07, 6.45) is 1.08. The quantitative estimate of drug-likeness (QED) is 0.702. The van der Waals surface area contributed by atoms with Gasteiger partial charge in [0.1, 0.15) is 11.6 Å². The number of hydrogen-bond acceptors (Lipinski definition) is 4. The maximum absolute atomic E-state index is 12.7. The number of ether oxygens (including phenoxy) is 1.